The van der Waals surface area contributed by atoms with E-state index in [9.17, 15) is 19.7 Å². The molecule has 0 amide bonds. The minimum Gasteiger partial charge on any atom is -0.463 e. The largest absolute Gasteiger partial charge is 0.463 e. The molecule has 2 heterocycles. The molecule has 0 saturated carbocycles. The van der Waals surface area contributed by atoms with Crippen LogP contribution < -0.4 is 14.9 Å². The Labute approximate surface area is 196 Å². The maximum Gasteiger partial charge on any atom is 0.338 e. The van der Waals surface area contributed by atoms with E-state index in [1.165, 1.54) is 34.1 Å². The summed E-state index contributed by atoms with van der Waals surface area (Å²) in [6.45, 7) is 3.47. The summed E-state index contributed by atoms with van der Waals surface area (Å²) < 4.78 is 7.01. The van der Waals surface area contributed by atoms with E-state index in [4.69, 9.17) is 16.3 Å². The molecule has 3 aromatic rings. The third-order valence-electron chi connectivity index (χ3n) is 5.06. The van der Waals surface area contributed by atoms with Crippen LogP contribution in [0, 0.1) is 10.1 Å². The molecule has 0 saturated heterocycles. The van der Waals surface area contributed by atoms with Crippen molar-refractivity contribution in [3.8, 4) is 0 Å². The number of nitro benzene ring substituents is 1. The molecule has 10 heteroatoms. The predicted molar refractivity (Wildman–Crippen MR) is 125 cm³/mol. The summed E-state index contributed by atoms with van der Waals surface area (Å²) in [6, 6.07) is 12.0. The van der Waals surface area contributed by atoms with Crippen molar-refractivity contribution in [3.63, 3.8) is 0 Å². The molecule has 8 nitrogen and oxygen atoms in total. The van der Waals surface area contributed by atoms with Gasteiger partial charge in [-0.05, 0) is 43.2 Å². The Bertz CT molecular complexity index is 1490. The van der Waals surface area contributed by atoms with Gasteiger partial charge in [0.15, 0.2) is 4.80 Å². The van der Waals surface area contributed by atoms with E-state index in [0.717, 1.165) is 5.56 Å². The van der Waals surface area contributed by atoms with Crippen LogP contribution >= 0.6 is 22.9 Å². The van der Waals surface area contributed by atoms with Crippen LogP contribution in [0.25, 0.3) is 6.08 Å². The Kier molecular flexibility index (Phi) is 6.26. The van der Waals surface area contributed by atoms with E-state index in [1.54, 1.807) is 44.2 Å². The monoisotopic (exact) mass is 483 g/mol. The summed E-state index contributed by atoms with van der Waals surface area (Å²) in [5.41, 5.74) is 1.19. The van der Waals surface area contributed by atoms with Gasteiger partial charge >= 0.3 is 5.97 Å². The van der Waals surface area contributed by atoms with E-state index >= 15 is 0 Å². The van der Waals surface area contributed by atoms with E-state index in [2.05, 4.69) is 4.99 Å². The number of thiazole rings is 1. The van der Waals surface area contributed by atoms with Crippen molar-refractivity contribution >= 4 is 40.7 Å². The number of esters is 1. The molecule has 1 aromatic heterocycles. The van der Waals surface area contributed by atoms with E-state index in [-0.39, 0.29) is 23.4 Å². The fourth-order valence-corrected chi connectivity index (χ4v) is 4.91. The molecule has 1 atom stereocenters. The highest BCUT2D eigenvalue weighted by atomic mass is 35.5. The molecule has 4 rings (SSSR count). The fourth-order valence-electron chi connectivity index (χ4n) is 3.66. The number of carbonyl (C=O) groups is 1. The second-order valence-corrected chi connectivity index (χ2v) is 8.65. The van der Waals surface area contributed by atoms with Crippen LogP contribution in [0.4, 0.5) is 5.69 Å². The first-order valence-electron chi connectivity index (χ1n) is 9.99. The first-order chi connectivity index (χ1) is 15.8. The van der Waals surface area contributed by atoms with Gasteiger partial charge in [0.25, 0.3) is 11.2 Å². The quantitative estimate of drug-likeness (QED) is 0.314. The zero-order valence-electron chi connectivity index (χ0n) is 17.6. The Hall–Kier alpha value is -3.56. The second kappa shape index (κ2) is 9.13. The van der Waals surface area contributed by atoms with Crippen LogP contribution in [-0.4, -0.2) is 22.1 Å². The Morgan fingerprint density at radius 1 is 1.30 bits per heavy atom. The van der Waals surface area contributed by atoms with Gasteiger partial charge in [-0.25, -0.2) is 9.79 Å². The van der Waals surface area contributed by atoms with Gasteiger partial charge in [0.05, 0.1) is 33.4 Å². The van der Waals surface area contributed by atoms with Crippen molar-refractivity contribution < 1.29 is 14.5 Å². The van der Waals surface area contributed by atoms with Gasteiger partial charge in [0.1, 0.15) is 0 Å². The molecule has 0 bridgehead atoms. The van der Waals surface area contributed by atoms with Crippen molar-refractivity contribution in [3.05, 3.63) is 106 Å². The van der Waals surface area contributed by atoms with Gasteiger partial charge in [-0.2, -0.15) is 0 Å². The molecule has 33 heavy (non-hydrogen) atoms. The fraction of sp³-hybridized carbons (Fsp3) is 0.174. The number of fused-ring (bicyclic) bond motifs is 1. The number of ether oxygens (including phenoxy) is 1. The maximum atomic E-state index is 13.5. The molecular weight excluding hydrogens is 466 g/mol. The average molecular weight is 484 g/mol. The first-order valence-corrected chi connectivity index (χ1v) is 11.2. The average Bonchev–Trinajstić information content (AvgIpc) is 3.07. The molecule has 0 fully saturated rings. The summed E-state index contributed by atoms with van der Waals surface area (Å²) in [5.74, 6) is -0.626. The van der Waals surface area contributed by atoms with E-state index < -0.39 is 16.9 Å². The molecule has 0 radical (unpaired) electrons. The van der Waals surface area contributed by atoms with Gasteiger partial charge in [0.2, 0.25) is 0 Å². The maximum absolute atomic E-state index is 13.5. The molecule has 0 N–H and O–H groups in total. The van der Waals surface area contributed by atoms with E-state index in [0.29, 0.717) is 25.6 Å². The topological polar surface area (TPSA) is 104 Å². The zero-order valence-corrected chi connectivity index (χ0v) is 19.2. The van der Waals surface area contributed by atoms with Crippen LogP contribution in [0.1, 0.15) is 31.0 Å². The summed E-state index contributed by atoms with van der Waals surface area (Å²) in [5, 5.41) is 11.9. The minimum absolute atomic E-state index is 0.135. The summed E-state index contributed by atoms with van der Waals surface area (Å²) in [4.78, 5) is 42.1. The number of halogens is 1. The summed E-state index contributed by atoms with van der Waals surface area (Å²) in [6.07, 6.45) is 1.70. The lowest BCUT2D eigenvalue weighted by atomic mass is 9.95. The van der Waals surface area contributed by atoms with Crippen LogP contribution in [0.5, 0.6) is 0 Å². The number of non-ortho nitro benzene ring substituents is 1. The van der Waals surface area contributed by atoms with Crippen LogP contribution in [0.2, 0.25) is 5.02 Å². The van der Waals surface area contributed by atoms with Crippen LogP contribution in [-0.2, 0) is 9.53 Å². The number of nitro groups is 1. The summed E-state index contributed by atoms with van der Waals surface area (Å²) >= 11 is 7.23. The number of hydrogen-bond donors (Lipinski definition) is 0. The Balaban J connectivity index is 1.98. The SMILES string of the molecule is CCOC(=O)C1=C(C)N=c2s/c(=C\c3cccc(Cl)c3)c(=O)n2[C@H]1c1cccc([N+](=O)[O-])c1. The number of nitrogens with zero attached hydrogens (tertiary/aromatic N) is 3. The number of benzene rings is 2. The standard InChI is InChI=1S/C23H18ClN3O5S/c1-3-32-22(29)19-13(2)25-23-26(20(19)15-7-5-9-17(12-15)27(30)31)21(28)18(33-23)11-14-6-4-8-16(24)10-14/h4-12,20H,3H2,1-2H3/b18-11-/t20-/m0/s1. The molecular formula is C23H18ClN3O5S. The zero-order chi connectivity index (χ0) is 23.7. The highest BCUT2D eigenvalue weighted by Gasteiger charge is 2.34. The highest BCUT2D eigenvalue weighted by molar-refractivity contribution is 7.07. The van der Waals surface area contributed by atoms with Crippen molar-refractivity contribution in [1.29, 1.82) is 0 Å². The molecule has 0 unspecified atom stereocenters. The van der Waals surface area contributed by atoms with Gasteiger partial charge in [0, 0.05) is 17.2 Å². The third kappa shape index (κ3) is 4.37. The van der Waals surface area contributed by atoms with Crippen LogP contribution in [0.15, 0.2) is 69.6 Å². The lowest BCUT2D eigenvalue weighted by Gasteiger charge is -2.24. The van der Waals surface area contributed by atoms with Gasteiger partial charge < -0.3 is 4.74 Å². The second-order valence-electron chi connectivity index (χ2n) is 7.21. The number of aromatic nitrogens is 1. The molecule has 168 valence electrons. The Morgan fingerprint density at radius 3 is 2.76 bits per heavy atom. The number of rotatable bonds is 5. The van der Waals surface area contributed by atoms with E-state index in [1.807, 2.05) is 6.07 Å². The molecule has 1 aliphatic rings. The number of allylic oxidation sites excluding steroid dienone is 1. The van der Waals surface area contributed by atoms with Crippen molar-refractivity contribution in [2.45, 2.75) is 19.9 Å². The number of carbonyl (C=O) groups excluding carboxylic acids is 1. The Morgan fingerprint density at radius 2 is 2.06 bits per heavy atom. The lowest BCUT2D eigenvalue weighted by molar-refractivity contribution is -0.384. The molecule has 0 spiro atoms. The normalized spacial score (nSPS) is 15.7. The van der Waals surface area contributed by atoms with Crippen molar-refractivity contribution in [2.24, 2.45) is 4.99 Å². The third-order valence-corrected chi connectivity index (χ3v) is 6.28. The van der Waals surface area contributed by atoms with Crippen LogP contribution in [0.3, 0.4) is 0 Å². The molecule has 0 aliphatic carbocycles. The molecule has 1 aliphatic heterocycles. The summed E-state index contributed by atoms with van der Waals surface area (Å²) in [7, 11) is 0. The van der Waals surface area contributed by atoms with Crippen molar-refractivity contribution in [2.75, 3.05) is 6.61 Å². The lowest BCUT2D eigenvalue weighted by Crippen LogP contribution is -2.40. The first kappa shape index (κ1) is 22.6. The minimum atomic E-state index is -0.915. The smallest absolute Gasteiger partial charge is 0.338 e. The predicted octanol–water partition coefficient (Wildman–Crippen LogP) is 3.36. The van der Waals surface area contributed by atoms with Crippen molar-refractivity contribution in [1.82, 2.24) is 4.57 Å². The highest BCUT2D eigenvalue weighted by Crippen LogP contribution is 2.32. The van der Waals surface area contributed by atoms with Gasteiger partial charge in [-0.15, -0.1) is 0 Å². The number of hydrogen-bond acceptors (Lipinski definition) is 7. The molecule has 2 aromatic carbocycles. The van der Waals surface area contributed by atoms with Gasteiger partial charge in [-0.3, -0.25) is 19.5 Å². The van der Waals surface area contributed by atoms with Gasteiger partial charge in [-0.1, -0.05) is 47.2 Å².